The fourth-order valence-corrected chi connectivity index (χ4v) is 1.35. The number of carbonyl (C=O) groups is 1. The summed E-state index contributed by atoms with van der Waals surface area (Å²) in [7, 11) is 0. The lowest BCUT2D eigenvalue weighted by atomic mass is 10.3. The van der Waals surface area contributed by atoms with E-state index in [2.05, 4.69) is 0 Å². The number of thiophene rings is 1. The molecule has 1 rings (SSSR count). The van der Waals surface area contributed by atoms with Gasteiger partial charge in [-0.25, -0.2) is 0 Å². The normalized spacial score (nSPS) is 10.4. The minimum atomic E-state index is -0.245. The maximum atomic E-state index is 10.4. The molecule has 0 radical (unpaired) electrons. The quantitative estimate of drug-likeness (QED) is 0.670. The van der Waals surface area contributed by atoms with E-state index >= 15 is 0 Å². The molecule has 0 bridgehead atoms. The summed E-state index contributed by atoms with van der Waals surface area (Å²) in [5.74, 6) is -0.245. The molecule has 1 aromatic rings. The van der Waals surface area contributed by atoms with Crippen LogP contribution in [-0.4, -0.2) is 12.6 Å². The predicted octanol–water partition coefficient (Wildman–Crippen LogP) is 2.32. The van der Waals surface area contributed by atoms with E-state index in [1.807, 2.05) is 29.0 Å². The summed E-state index contributed by atoms with van der Waals surface area (Å²) in [6, 6.07) is 2.01. The molecule has 0 fully saturated rings. The van der Waals surface area contributed by atoms with Gasteiger partial charge in [-0.2, -0.15) is 11.3 Å². The Kier molecular flexibility index (Phi) is 3.54. The minimum absolute atomic E-state index is 0.245. The van der Waals surface area contributed by atoms with E-state index in [0.717, 1.165) is 5.56 Å². The van der Waals surface area contributed by atoms with Crippen molar-refractivity contribution in [1.29, 1.82) is 0 Å². The molecule has 0 N–H and O–H groups in total. The summed E-state index contributed by atoms with van der Waals surface area (Å²) in [6.45, 7) is 1.75. The van der Waals surface area contributed by atoms with Gasteiger partial charge in [0.25, 0.3) is 0 Å². The van der Waals surface area contributed by atoms with Gasteiger partial charge in [-0.1, -0.05) is 6.08 Å². The maximum Gasteiger partial charge on any atom is 0.302 e. The predicted molar refractivity (Wildman–Crippen MR) is 50.0 cm³/mol. The van der Waals surface area contributed by atoms with E-state index in [-0.39, 0.29) is 5.97 Å². The van der Waals surface area contributed by atoms with Crippen LogP contribution in [0.1, 0.15) is 12.5 Å². The van der Waals surface area contributed by atoms with Gasteiger partial charge in [0.05, 0.1) is 0 Å². The molecular formula is C9H10O2S. The molecule has 0 aliphatic carbocycles. The van der Waals surface area contributed by atoms with Crippen LogP contribution in [0, 0.1) is 0 Å². The summed E-state index contributed by atoms with van der Waals surface area (Å²) in [5.41, 5.74) is 1.15. The summed E-state index contributed by atoms with van der Waals surface area (Å²) in [6.07, 6.45) is 3.75. The highest BCUT2D eigenvalue weighted by molar-refractivity contribution is 7.08. The SMILES string of the molecule is CC(=O)OCC=Cc1ccsc1. The van der Waals surface area contributed by atoms with Crippen molar-refractivity contribution in [3.63, 3.8) is 0 Å². The molecule has 0 saturated carbocycles. The van der Waals surface area contributed by atoms with Crippen LogP contribution in [0.4, 0.5) is 0 Å². The molecule has 0 amide bonds. The molecule has 64 valence electrons. The lowest BCUT2D eigenvalue weighted by molar-refractivity contribution is -0.139. The van der Waals surface area contributed by atoms with E-state index in [9.17, 15) is 4.79 Å². The Morgan fingerprint density at radius 1 is 1.75 bits per heavy atom. The van der Waals surface area contributed by atoms with Crippen LogP contribution in [0.15, 0.2) is 22.9 Å². The Hall–Kier alpha value is -1.09. The molecule has 2 nitrogen and oxygen atoms in total. The highest BCUT2D eigenvalue weighted by atomic mass is 32.1. The number of esters is 1. The van der Waals surface area contributed by atoms with Crippen LogP contribution in [0.5, 0.6) is 0 Å². The van der Waals surface area contributed by atoms with Crippen LogP contribution >= 0.6 is 11.3 Å². The van der Waals surface area contributed by atoms with E-state index in [0.29, 0.717) is 6.61 Å². The summed E-state index contributed by atoms with van der Waals surface area (Å²) in [5, 5.41) is 4.04. The third-order valence-corrected chi connectivity index (χ3v) is 1.94. The van der Waals surface area contributed by atoms with Crippen molar-refractivity contribution in [3.8, 4) is 0 Å². The second-order valence-electron chi connectivity index (χ2n) is 2.26. The third kappa shape index (κ3) is 3.34. The van der Waals surface area contributed by atoms with E-state index in [4.69, 9.17) is 4.74 Å². The van der Waals surface area contributed by atoms with Crippen molar-refractivity contribution < 1.29 is 9.53 Å². The highest BCUT2D eigenvalue weighted by Gasteiger charge is 1.87. The minimum Gasteiger partial charge on any atom is -0.462 e. The molecule has 3 heteroatoms. The Labute approximate surface area is 75.5 Å². The monoisotopic (exact) mass is 182 g/mol. The number of hydrogen-bond acceptors (Lipinski definition) is 3. The molecule has 0 atom stereocenters. The van der Waals surface area contributed by atoms with Crippen molar-refractivity contribution >= 4 is 23.4 Å². The summed E-state index contributed by atoms with van der Waals surface area (Å²) >= 11 is 1.64. The third-order valence-electron chi connectivity index (χ3n) is 1.24. The zero-order chi connectivity index (χ0) is 8.81. The Morgan fingerprint density at radius 2 is 2.58 bits per heavy atom. The molecule has 0 spiro atoms. The van der Waals surface area contributed by atoms with Gasteiger partial charge in [0, 0.05) is 6.92 Å². The largest absolute Gasteiger partial charge is 0.462 e. The smallest absolute Gasteiger partial charge is 0.302 e. The fourth-order valence-electron chi connectivity index (χ4n) is 0.719. The van der Waals surface area contributed by atoms with E-state index in [1.165, 1.54) is 6.92 Å². The van der Waals surface area contributed by atoms with Crippen LogP contribution in [0.25, 0.3) is 6.08 Å². The Bertz CT molecular complexity index is 262. The fraction of sp³-hybridized carbons (Fsp3) is 0.222. The second-order valence-corrected chi connectivity index (χ2v) is 3.04. The van der Waals surface area contributed by atoms with Gasteiger partial charge in [-0.15, -0.1) is 0 Å². The molecule has 0 aliphatic heterocycles. The van der Waals surface area contributed by atoms with Crippen LogP contribution in [0.3, 0.4) is 0 Å². The van der Waals surface area contributed by atoms with Crippen LogP contribution in [0.2, 0.25) is 0 Å². The van der Waals surface area contributed by atoms with Gasteiger partial charge in [-0.05, 0) is 28.5 Å². The van der Waals surface area contributed by atoms with E-state index < -0.39 is 0 Å². The average Bonchev–Trinajstić information content (AvgIpc) is 2.49. The topological polar surface area (TPSA) is 26.3 Å². The first kappa shape index (κ1) is 9.00. The lowest BCUT2D eigenvalue weighted by Crippen LogP contribution is -1.96. The van der Waals surface area contributed by atoms with Crippen molar-refractivity contribution in [2.75, 3.05) is 6.61 Å². The average molecular weight is 182 g/mol. The number of ether oxygens (including phenoxy) is 1. The van der Waals surface area contributed by atoms with Crippen molar-refractivity contribution in [2.24, 2.45) is 0 Å². The molecule has 0 unspecified atom stereocenters. The zero-order valence-corrected chi connectivity index (χ0v) is 7.64. The molecule has 0 aliphatic rings. The second kappa shape index (κ2) is 4.72. The van der Waals surface area contributed by atoms with Gasteiger partial charge in [0.15, 0.2) is 0 Å². The van der Waals surface area contributed by atoms with Crippen molar-refractivity contribution in [3.05, 3.63) is 28.5 Å². The van der Waals surface area contributed by atoms with Gasteiger partial charge in [0.1, 0.15) is 6.61 Å². The Balaban J connectivity index is 2.27. The summed E-state index contributed by atoms with van der Waals surface area (Å²) < 4.78 is 4.72. The lowest BCUT2D eigenvalue weighted by Gasteiger charge is -1.93. The first-order valence-electron chi connectivity index (χ1n) is 3.61. The molecule has 0 aromatic carbocycles. The highest BCUT2D eigenvalue weighted by Crippen LogP contribution is 2.07. The first-order chi connectivity index (χ1) is 5.79. The number of hydrogen-bond donors (Lipinski definition) is 0. The number of rotatable bonds is 3. The standard InChI is InChI=1S/C9H10O2S/c1-8(10)11-5-2-3-9-4-6-12-7-9/h2-4,6-7H,5H2,1H3. The van der Waals surface area contributed by atoms with Crippen molar-refractivity contribution in [2.45, 2.75) is 6.92 Å². The van der Waals surface area contributed by atoms with E-state index in [1.54, 1.807) is 11.3 Å². The molecule has 0 saturated heterocycles. The molecule has 1 heterocycles. The molecule has 1 aromatic heterocycles. The first-order valence-corrected chi connectivity index (χ1v) is 4.55. The molecule has 12 heavy (non-hydrogen) atoms. The van der Waals surface area contributed by atoms with Gasteiger partial charge < -0.3 is 4.74 Å². The summed E-state index contributed by atoms with van der Waals surface area (Å²) in [4.78, 5) is 10.4. The Morgan fingerprint density at radius 3 is 3.17 bits per heavy atom. The molecular weight excluding hydrogens is 172 g/mol. The van der Waals surface area contributed by atoms with Gasteiger partial charge in [0.2, 0.25) is 0 Å². The maximum absolute atomic E-state index is 10.4. The number of carbonyl (C=O) groups excluding carboxylic acids is 1. The van der Waals surface area contributed by atoms with Gasteiger partial charge in [-0.3, -0.25) is 4.79 Å². The zero-order valence-electron chi connectivity index (χ0n) is 6.82. The van der Waals surface area contributed by atoms with Crippen molar-refractivity contribution in [1.82, 2.24) is 0 Å². The van der Waals surface area contributed by atoms with Crippen LogP contribution < -0.4 is 0 Å². The van der Waals surface area contributed by atoms with Gasteiger partial charge >= 0.3 is 5.97 Å². The van der Waals surface area contributed by atoms with Crippen LogP contribution in [-0.2, 0) is 9.53 Å².